The van der Waals surface area contributed by atoms with Crippen LogP contribution >= 0.6 is 0 Å². The number of nitrogens with zero attached hydrogens (tertiary/aromatic N) is 2. The fourth-order valence-electron chi connectivity index (χ4n) is 2.27. The molecule has 0 radical (unpaired) electrons. The summed E-state index contributed by atoms with van der Waals surface area (Å²) in [5.74, 6) is -0.885. The maximum absolute atomic E-state index is 12.3. The van der Waals surface area contributed by atoms with Crippen molar-refractivity contribution in [2.24, 2.45) is 7.05 Å². The van der Waals surface area contributed by atoms with Crippen LogP contribution in [0.15, 0.2) is 18.3 Å². The zero-order valence-corrected chi connectivity index (χ0v) is 14.2. The van der Waals surface area contributed by atoms with E-state index in [1.807, 2.05) is 0 Å². The highest BCUT2D eigenvalue weighted by Gasteiger charge is 2.26. The Labute approximate surface area is 134 Å². The molecule has 0 aromatic carbocycles. The van der Waals surface area contributed by atoms with Crippen LogP contribution in [0.5, 0.6) is 0 Å². The number of anilines is 1. The van der Waals surface area contributed by atoms with Gasteiger partial charge in [0, 0.05) is 25.7 Å². The van der Waals surface area contributed by atoms with Crippen molar-refractivity contribution < 1.29 is 22.7 Å². The molecule has 1 N–H and O–H groups in total. The molecular weight excluding hydrogens is 322 g/mol. The van der Waals surface area contributed by atoms with E-state index in [2.05, 4.69) is 9.71 Å². The van der Waals surface area contributed by atoms with Gasteiger partial charge in [-0.15, -0.1) is 0 Å². The van der Waals surface area contributed by atoms with Crippen LogP contribution in [0.3, 0.4) is 0 Å². The zero-order valence-electron chi connectivity index (χ0n) is 13.4. The fraction of sp³-hybridized carbons (Fsp3) is 0.429. The van der Waals surface area contributed by atoms with E-state index in [9.17, 15) is 13.2 Å². The molecule has 0 spiro atoms. The topological polar surface area (TPSA) is 99.5 Å². The standard InChI is InChI=1S/C14H19N3O5S/c1-9(21-3)8-23(19,20)16-11-10-6-5-7-15-13(10)17(2)12(11)14(18)22-4/h5-7,9,16H,8H2,1-4H3/t9-/m0/s1. The van der Waals surface area contributed by atoms with Crippen molar-refractivity contribution in [1.82, 2.24) is 9.55 Å². The van der Waals surface area contributed by atoms with Crippen LogP contribution in [0.4, 0.5) is 5.69 Å². The molecule has 0 saturated heterocycles. The monoisotopic (exact) mass is 341 g/mol. The molecule has 0 saturated carbocycles. The van der Waals surface area contributed by atoms with Gasteiger partial charge in [-0.25, -0.2) is 18.2 Å². The van der Waals surface area contributed by atoms with E-state index in [4.69, 9.17) is 9.47 Å². The molecule has 0 aliphatic rings. The minimum absolute atomic E-state index is 0.0924. The summed E-state index contributed by atoms with van der Waals surface area (Å²) < 4.78 is 38.3. The number of rotatable bonds is 6. The number of hydrogen-bond acceptors (Lipinski definition) is 6. The Bertz CT molecular complexity index is 828. The first-order valence-corrected chi connectivity index (χ1v) is 8.51. The van der Waals surface area contributed by atoms with Crippen LogP contribution < -0.4 is 4.72 Å². The lowest BCUT2D eigenvalue weighted by Crippen LogP contribution is -2.26. The minimum Gasteiger partial charge on any atom is -0.464 e. The molecule has 0 aliphatic carbocycles. The summed E-state index contributed by atoms with van der Waals surface area (Å²) in [5, 5.41) is 0.518. The molecule has 0 unspecified atom stereocenters. The van der Waals surface area contributed by atoms with Gasteiger partial charge in [0.2, 0.25) is 10.0 Å². The van der Waals surface area contributed by atoms with E-state index in [1.165, 1.54) is 18.8 Å². The van der Waals surface area contributed by atoms with Crippen LogP contribution in [-0.4, -0.2) is 50.0 Å². The number of carbonyl (C=O) groups excluding carboxylic acids is 1. The van der Waals surface area contributed by atoms with E-state index in [0.717, 1.165) is 0 Å². The van der Waals surface area contributed by atoms with Gasteiger partial charge in [0.05, 0.1) is 24.7 Å². The Morgan fingerprint density at radius 2 is 2.13 bits per heavy atom. The van der Waals surface area contributed by atoms with Crippen molar-refractivity contribution in [3.8, 4) is 0 Å². The van der Waals surface area contributed by atoms with Crippen molar-refractivity contribution in [2.75, 3.05) is 24.7 Å². The predicted octanol–water partition coefficient (Wildman–Crippen LogP) is 1.14. The minimum atomic E-state index is -3.71. The van der Waals surface area contributed by atoms with Crippen LogP contribution in [-0.2, 0) is 26.5 Å². The predicted molar refractivity (Wildman–Crippen MR) is 85.9 cm³/mol. The molecule has 2 rings (SSSR count). The number of esters is 1. The number of ether oxygens (including phenoxy) is 2. The van der Waals surface area contributed by atoms with Crippen LogP contribution in [0.25, 0.3) is 11.0 Å². The van der Waals surface area contributed by atoms with E-state index < -0.39 is 22.1 Å². The smallest absolute Gasteiger partial charge is 0.356 e. The van der Waals surface area contributed by atoms with Gasteiger partial charge in [-0.05, 0) is 19.1 Å². The van der Waals surface area contributed by atoms with Gasteiger partial charge in [-0.1, -0.05) is 0 Å². The Morgan fingerprint density at radius 1 is 1.43 bits per heavy atom. The van der Waals surface area contributed by atoms with Gasteiger partial charge < -0.3 is 14.0 Å². The van der Waals surface area contributed by atoms with Crippen LogP contribution in [0.1, 0.15) is 17.4 Å². The number of aryl methyl sites for hydroxylation is 1. The molecule has 8 nitrogen and oxygen atoms in total. The third kappa shape index (κ3) is 3.45. The number of nitrogens with one attached hydrogen (secondary N) is 1. The second-order valence-corrected chi connectivity index (χ2v) is 6.85. The number of carbonyl (C=O) groups is 1. The van der Waals surface area contributed by atoms with Crippen LogP contribution in [0, 0.1) is 0 Å². The summed E-state index contributed by atoms with van der Waals surface area (Å²) in [6, 6.07) is 3.35. The first-order valence-electron chi connectivity index (χ1n) is 6.85. The number of hydrogen-bond donors (Lipinski definition) is 1. The lowest BCUT2D eigenvalue weighted by Gasteiger charge is -2.13. The number of methoxy groups -OCH3 is 2. The molecule has 9 heteroatoms. The zero-order chi connectivity index (χ0) is 17.2. The van der Waals surface area contributed by atoms with Gasteiger partial charge in [0.1, 0.15) is 5.65 Å². The van der Waals surface area contributed by atoms with E-state index in [-0.39, 0.29) is 17.1 Å². The van der Waals surface area contributed by atoms with Gasteiger partial charge >= 0.3 is 5.97 Å². The molecule has 0 amide bonds. The molecule has 2 heterocycles. The second kappa shape index (κ2) is 6.55. The number of aromatic nitrogens is 2. The third-order valence-electron chi connectivity index (χ3n) is 3.44. The second-order valence-electron chi connectivity index (χ2n) is 5.08. The number of sulfonamides is 1. The summed E-state index contributed by atoms with van der Waals surface area (Å²) in [4.78, 5) is 16.2. The van der Waals surface area contributed by atoms with Gasteiger partial charge in [0.25, 0.3) is 0 Å². The molecule has 0 fully saturated rings. The van der Waals surface area contributed by atoms with Gasteiger partial charge in [0.15, 0.2) is 5.69 Å². The van der Waals surface area contributed by atoms with Crippen LogP contribution in [0.2, 0.25) is 0 Å². The fourth-order valence-corrected chi connectivity index (χ4v) is 3.63. The summed E-state index contributed by atoms with van der Waals surface area (Å²) in [6.07, 6.45) is 1.08. The number of fused-ring (bicyclic) bond motifs is 1. The van der Waals surface area contributed by atoms with Gasteiger partial charge in [-0.2, -0.15) is 0 Å². The maximum atomic E-state index is 12.3. The molecule has 2 aromatic heterocycles. The maximum Gasteiger partial charge on any atom is 0.356 e. The van der Waals surface area contributed by atoms with Crippen molar-refractivity contribution >= 4 is 32.7 Å². The summed E-state index contributed by atoms with van der Waals surface area (Å²) in [7, 11) is 0.577. The highest BCUT2D eigenvalue weighted by molar-refractivity contribution is 7.92. The first kappa shape index (κ1) is 17.2. The quantitative estimate of drug-likeness (QED) is 0.791. The number of pyridine rings is 1. The normalized spacial score (nSPS) is 13.0. The van der Waals surface area contributed by atoms with Crippen molar-refractivity contribution in [1.29, 1.82) is 0 Å². The van der Waals surface area contributed by atoms with Crippen molar-refractivity contribution in [3.63, 3.8) is 0 Å². The highest BCUT2D eigenvalue weighted by Crippen LogP contribution is 2.30. The van der Waals surface area contributed by atoms with E-state index in [0.29, 0.717) is 11.0 Å². The highest BCUT2D eigenvalue weighted by atomic mass is 32.2. The molecule has 0 aliphatic heterocycles. The molecule has 0 bridgehead atoms. The van der Waals surface area contributed by atoms with E-state index >= 15 is 0 Å². The SMILES string of the molecule is COC(=O)c1c(NS(=O)(=O)C[C@H](C)OC)c2cccnc2n1C. The third-order valence-corrected chi connectivity index (χ3v) is 4.86. The summed E-state index contributed by atoms with van der Waals surface area (Å²) >= 11 is 0. The lowest BCUT2D eigenvalue weighted by atomic mass is 10.3. The molecule has 23 heavy (non-hydrogen) atoms. The Kier molecular flexibility index (Phi) is 4.90. The summed E-state index contributed by atoms with van der Waals surface area (Å²) in [5.41, 5.74) is 0.728. The lowest BCUT2D eigenvalue weighted by molar-refractivity contribution is 0.0591. The molecule has 2 aromatic rings. The molecular formula is C14H19N3O5S. The molecule has 1 atom stereocenters. The largest absolute Gasteiger partial charge is 0.464 e. The summed E-state index contributed by atoms with van der Waals surface area (Å²) in [6.45, 7) is 1.64. The average molecular weight is 341 g/mol. The Morgan fingerprint density at radius 3 is 2.74 bits per heavy atom. The molecule has 126 valence electrons. The van der Waals surface area contributed by atoms with Gasteiger partial charge in [-0.3, -0.25) is 4.72 Å². The van der Waals surface area contributed by atoms with E-state index in [1.54, 1.807) is 32.3 Å². The Hall–Kier alpha value is -2.13. The average Bonchev–Trinajstić information content (AvgIpc) is 2.78. The van der Waals surface area contributed by atoms with Crippen molar-refractivity contribution in [2.45, 2.75) is 13.0 Å². The van der Waals surface area contributed by atoms with Crippen molar-refractivity contribution in [3.05, 3.63) is 24.0 Å². The first-order chi connectivity index (χ1) is 10.8. The Balaban J connectivity index is 2.57.